The summed E-state index contributed by atoms with van der Waals surface area (Å²) in [7, 11) is -2.14. The molecule has 0 saturated carbocycles. The number of hydrogen-bond donors (Lipinski definition) is 1. The summed E-state index contributed by atoms with van der Waals surface area (Å²) in [6, 6.07) is 4.92. The Kier molecular flexibility index (Phi) is 3.73. The van der Waals surface area contributed by atoms with E-state index in [9.17, 15) is 13.2 Å². The maximum absolute atomic E-state index is 12.7. The van der Waals surface area contributed by atoms with Crippen LogP contribution in [0.5, 0.6) is 5.75 Å². The lowest BCUT2D eigenvalue weighted by atomic mass is 10.1. The molecule has 2 heterocycles. The van der Waals surface area contributed by atoms with Crippen LogP contribution < -0.4 is 10.1 Å². The van der Waals surface area contributed by atoms with Crippen LogP contribution in [0, 0.1) is 6.92 Å². The zero-order valence-corrected chi connectivity index (χ0v) is 13.4. The first-order chi connectivity index (χ1) is 10.4. The lowest BCUT2D eigenvalue weighted by Gasteiger charge is -2.42. The van der Waals surface area contributed by atoms with Gasteiger partial charge in [0.05, 0.1) is 13.2 Å². The summed E-state index contributed by atoms with van der Waals surface area (Å²) >= 11 is 0. The van der Waals surface area contributed by atoms with Crippen LogP contribution in [0.4, 0.5) is 4.79 Å². The number of amides is 2. The van der Waals surface area contributed by atoms with E-state index >= 15 is 0 Å². The highest BCUT2D eigenvalue weighted by atomic mass is 32.2. The Hall–Kier alpha value is -1.80. The molecule has 1 N–H and O–H groups in total. The molecule has 2 amide bonds. The summed E-state index contributed by atoms with van der Waals surface area (Å²) in [5.41, 5.74) is 0.857. The number of rotatable bonds is 4. The van der Waals surface area contributed by atoms with Crippen molar-refractivity contribution in [1.29, 1.82) is 0 Å². The van der Waals surface area contributed by atoms with Crippen molar-refractivity contribution in [1.82, 2.24) is 14.5 Å². The first kappa shape index (κ1) is 15.1. The van der Waals surface area contributed by atoms with E-state index in [1.165, 1.54) is 11.4 Å². The van der Waals surface area contributed by atoms with Crippen LogP contribution in [0.1, 0.15) is 5.56 Å². The third-order valence-electron chi connectivity index (χ3n) is 4.10. The molecule has 1 aromatic rings. The lowest BCUT2D eigenvalue weighted by Crippen LogP contribution is -2.61. The summed E-state index contributed by atoms with van der Waals surface area (Å²) in [5, 5.41) is 2.73. The minimum Gasteiger partial charge on any atom is -0.495 e. The number of nitrogens with zero attached hydrogens (tertiary/aromatic N) is 2. The van der Waals surface area contributed by atoms with Gasteiger partial charge in [-0.05, 0) is 24.6 Å². The predicted octanol–water partition coefficient (Wildman–Crippen LogP) is 0.402. The van der Waals surface area contributed by atoms with Gasteiger partial charge in [-0.15, -0.1) is 0 Å². The van der Waals surface area contributed by atoms with Gasteiger partial charge in [-0.2, -0.15) is 4.31 Å². The number of aryl methyl sites for hydroxylation is 1. The van der Waals surface area contributed by atoms with Gasteiger partial charge in [0.2, 0.25) is 10.0 Å². The van der Waals surface area contributed by atoms with Crippen LogP contribution >= 0.6 is 0 Å². The molecule has 2 saturated heterocycles. The first-order valence-corrected chi connectivity index (χ1v) is 8.57. The van der Waals surface area contributed by atoms with E-state index in [1.54, 1.807) is 17.0 Å². The van der Waals surface area contributed by atoms with Crippen LogP contribution in [0.3, 0.4) is 0 Å². The summed E-state index contributed by atoms with van der Waals surface area (Å²) in [6.45, 7) is 3.74. The molecule has 22 heavy (non-hydrogen) atoms. The normalized spacial score (nSPS) is 19.9. The average molecular weight is 325 g/mol. The molecule has 2 aliphatic heterocycles. The SMILES string of the molecule is COc1ccc(C)cc1S(=O)(=O)N1CC(N2CCNC2=O)C1. The quantitative estimate of drug-likeness (QED) is 0.869. The zero-order chi connectivity index (χ0) is 15.9. The van der Waals surface area contributed by atoms with Gasteiger partial charge in [-0.3, -0.25) is 0 Å². The molecule has 2 fully saturated rings. The smallest absolute Gasteiger partial charge is 0.317 e. The third-order valence-corrected chi connectivity index (χ3v) is 5.95. The first-order valence-electron chi connectivity index (χ1n) is 7.13. The number of hydrogen-bond acceptors (Lipinski definition) is 4. The van der Waals surface area contributed by atoms with Crippen LogP contribution in [-0.2, 0) is 10.0 Å². The van der Waals surface area contributed by atoms with Gasteiger partial charge >= 0.3 is 6.03 Å². The van der Waals surface area contributed by atoms with Crippen LogP contribution in [-0.4, -0.2) is 63.0 Å². The van der Waals surface area contributed by atoms with Crippen molar-refractivity contribution in [2.75, 3.05) is 33.3 Å². The summed E-state index contributed by atoms with van der Waals surface area (Å²) in [6.07, 6.45) is 0. The van der Waals surface area contributed by atoms with Gasteiger partial charge in [0, 0.05) is 26.2 Å². The number of nitrogens with one attached hydrogen (secondary N) is 1. The van der Waals surface area contributed by atoms with Crippen molar-refractivity contribution in [3.05, 3.63) is 23.8 Å². The molecular formula is C14H19N3O4S. The molecule has 0 unspecified atom stereocenters. The van der Waals surface area contributed by atoms with E-state index in [1.807, 2.05) is 13.0 Å². The summed E-state index contributed by atoms with van der Waals surface area (Å²) < 4.78 is 32.0. The number of urea groups is 1. The summed E-state index contributed by atoms with van der Waals surface area (Å²) in [4.78, 5) is 13.5. The van der Waals surface area contributed by atoms with Crippen molar-refractivity contribution in [2.45, 2.75) is 17.9 Å². The molecule has 8 heteroatoms. The Labute approximate surface area is 129 Å². The zero-order valence-electron chi connectivity index (χ0n) is 12.6. The standard InChI is InChI=1S/C14H19N3O4S/c1-10-3-4-12(21-2)13(7-10)22(19,20)16-8-11(9-16)17-6-5-15-14(17)18/h3-4,7,11H,5-6,8-9H2,1-2H3,(H,15,18). The van der Waals surface area contributed by atoms with E-state index in [4.69, 9.17) is 4.74 Å². The Morgan fingerprint density at radius 2 is 2.05 bits per heavy atom. The van der Waals surface area contributed by atoms with Gasteiger partial charge in [0.15, 0.2) is 0 Å². The minimum absolute atomic E-state index is 0.0481. The van der Waals surface area contributed by atoms with Gasteiger partial charge < -0.3 is 15.0 Å². The van der Waals surface area contributed by atoms with E-state index in [-0.39, 0.29) is 17.0 Å². The highest BCUT2D eigenvalue weighted by molar-refractivity contribution is 7.89. The largest absolute Gasteiger partial charge is 0.495 e. The van der Waals surface area contributed by atoms with Crippen molar-refractivity contribution >= 4 is 16.1 Å². The van der Waals surface area contributed by atoms with Crippen LogP contribution in [0.25, 0.3) is 0 Å². The molecule has 120 valence electrons. The second-order valence-electron chi connectivity index (χ2n) is 5.56. The Balaban J connectivity index is 1.78. The molecule has 0 aliphatic carbocycles. The molecule has 0 aromatic heterocycles. The second kappa shape index (κ2) is 5.44. The van der Waals surface area contributed by atoms with Gasteiger partial charge in [0.25, 0.3) is 0 Å². The molecule has 0 atom stereocenters. The predicted molar refractivity (Wildman–Crippen MR) is 80.4 cm³/mol. The summed E-state index contributed by atoms with van der Waals surface area (Å²) in [5.74, 6) is 0.341. The Morgan fingerprint density at radius 1 is 1.32 bits per heavy atom. The number of carbonyl (C=O) groups is 1. The van der Waals surface area contributed by atoms with E-state index in [0.717, 1.165) is 5.56 Å². The number of ether oxygens (including phenoxy) is 1. The van der Waals surface area contributed by atoms with Crippen LogP contribution in [0.15, 0.2) is 23.1 Å². The monoisotopic (exact) mass is 325 g/mol. The van der Waals surface area contributed by atoms with Crippen molar-refractivity contribution < 1.29 is 17.9 Å². The number of sulfonamides is 1. The van der Waals surface area contributed by atoms with Gasteiger partial charge in [-0.1, -0.05) is 6.07 Å². The Bertz CT molecular complexity index is 698. The molecule has 7 nitrogen and oxygen atoms in total. The average Bonchev–Trinajstić information content (AvgIpc) is 2.83. The van der Waals surface area contributed by atoms with E-state index in [2.05, 4.69) is 5.32 Å². The fraction of sp³-hybridized carbons (Fsp3) is 0.500. The molecule has 0 spiro atoms. The molecule has 1 aromatic carbocycles. The maximum atomic E-state index is 12.7. The van der Waals surface area contributed by atoms with E-state index < -0.39 is 10.0 Å². The van der Waals surface area contributed by atoms with Crippen molar-refractivity contribution in [3.63, 3.8) is 0 Å². The molecule has 3 rings (SSSR count). The van der Waals surface area contributed by atoms with Crippen LogP contribution in [0.2, 0.25) is 0 Å². The van der Waals surface area contributed by atoms with E-state index in [0.29, 0.717) is 31.9 Å². The van der Waals surface area contributed by atoms with Gasteiger partial charge in [-0.25, -0.2) is 13.2 Å². The number of carbonyl (C=O) groups excluding carboxylic acids is 1. The highest BCUT2D eigenvalue weighted by Gasteiger charge is 2.43. The molecule has 2 aliphatic rings. The topological polar surface area (TPSA) is 79.0 Å². The fourth-order valence-electron chi connectivity index (χ4n) is 2.77. The molecule has 0 radical (unpaired) electrons. The minimum atomic E-state index is -3.60. The maximum Gasteiger partial charge on any atom is 0.317 e. The fourth-order valence-corrected chi connectivity index (χ4v) is 4.52. The Morgan fingerprint density at radius 3 is 2.64 bits per heavy atom. The van der Waals surface area contributed by atoms with Crippen molar-refractivity contribution in [2.24, 2.45) is 0 Å². The molecular weight excluding hydrogens is 306 g/mol. The highest BCUT2D eigenvalue weighted by Crippen LogP contribution is 2.31. The second-order valence-corrected chi connectivity index (χ2v) is 7.46. The third kappa shape index (κ3) is 2.42. The van der Waals surface area contributed by atoms with Gasteiger partial charge in [0.1, 0.15) is 10.6 Å². The van der Waals surface area contributed by atoms with Crippen molar-refractivity contribution in [3.8, 4) is 5.75 Å². The lowest BCUT2D eigenvalue weighted by molar-refractivity contribution is 0.124. The molecule has 0 bridgehead atoms. The number of benzene rings is 1. The number of methoxy groups -OCH3 is 1.